The maximum atomic E-state index is 13.2. The second kappa shape index (κ2) is 12.1. The van der Waals surface area contributed by atoms with Gasteiger partial charge < -0.3 is 9.80 Å². The number of rotatable bonds is 9. The summed E-state index contributed by atoms with van der Waals surface area (Å²) < 4.78 is 0. The van der Waals surface area contributed by atoms with Crippen molar-refractivity contribution < 1.29 is 4.79 Å². The molecule has 1 atom stereocenters. The zero-order chi connectivity index (χ0) is 22.1. The van der Waals surface area contributed by atoms with E-state index >= 15 is 0 Å². The van der Waals surface area contributed by atoms with E-state index < -0.39 is 0 Å². The van der Waals surface area contributed by atoms with Crippen molar-refractivity contribution in [3.05, 3.63) is 70.7 Å². The van der Waals surface area contributed by atoms with Crippen LogP contribution >= 0.6 is 11.6 Å². The van der Waals surface area contributed by atoms with Crippen molar-refractivity contribution in [2.75, 3.05) is 39.3 Å². The monoisotopic (exact) mass is 441 g/mol. The summed E-state index contributed by atoms with van der Waals surface area (Å²) in [5.41, 5.74) is 2.51. The minimum atomic E-state index is 0.173. The first-order valence-corrected chi connectivity index (χ1v) is 12.1. The Labute approximate surface area is 192 Å². The van der Waals surface area contributed by atoms with Gasteiger partial charge in [0.1, 0.15) is 0 Å². The van der Waals surface area contributed by atoms with Crippen LogP contribution in [0.4, 0.5) is 4.79 Å². The van der Waals surface area contributed by atoms with Gasteiger partial charge in [-0.25, -0.2) is 4.79 Å². The van der Waals surface area contributed by atoms with Gasteiger partial charge in [0.2, 0.25) is 0 Å². The van der Waals surface area contributed by atoms with Crippen LogP contribution in [0.1, 0.15) is 56.7 Å². The van der Waals surface area contributed by atoms with E-state index in [1.165, 1.54) is 11.1 Å². The minimum absolute atomic E-state index is 0.173. The summed E-state index contributed by atoms with van der Waals surface area (Å²) in [6, 6.07) is 19.2. The third kappa shape index (κ3) is 6.47. The molecule has 1 heterocycles. The predicted octanol–water partition coefficient (Wildman–Crippen LogP) is 6.07. The summed E-state index contributed by atoms with van der Waals surface area (Å²) >= 11 is 6.14. The first-order chi connectivity index (χ1) is 15.1. The van der Waals surface area contributed by atoms with E-state index in [9.17, 15) is 4.79 Å². The van der Waals surface area contributed by atoms with Crippen molar-refractivity contribution in [3.63, 3.8) is 0 Å². The Morgan fingerprint density at radius 1 is 0.871 bits per heavy atom. The zero-order valence-corrected chi connectivity index (χ0v) is 19.7. The average Bonchev–Trinajstić information content (AvgIpc) is 2.81. The Morgan fingerprint density at radius 3 is 1.97 bits per heavy atom. The molecule has 0 saturated carbocycles. The van der Waals surface area contributed by atoms with Gasteiger partial charge >= 0.3 is 6.03 Å². The highest BCUT2D eigenvalue weighted by Crippen LogP contribution is 2.30. The number of benzene rings is 2. The number of hydrogen-bond donors (Lipinski definition) is 0. The second-order valence-corrected chi connectivity index (χ2v) is 8.80. The topological polar surface area (TPSA) is 26.8 Å². The lowest BCUT2D eigenvalue weighted by molar-refractivity contribution is 0.0987. The molecule has 168 valence electrons. The lowest BCUT2D eigenvalue weighted by atomic mass is 9.96. The molecule has 0 bridgehead atoms. The fraction of sp³-hybridized carbons (Fsp3) is 0.500. The molecule has 5 heteroatoms. The molecule has 1 saturated heterocycles. The number of carbonyl (C=O) groups excluding carboxylic acids is 1. The van der Waals surface area contributed by atoms with Crippen LogP contribution in [0.15, 0.2) is 54.6 Å². The lowest BCUT2D eigenvalue weighted by Crippen LogP contribution is -2.53. The van der Waals surface area contributed by atoms with Gasteiger partial charge in [-0.15, -0.1) is 0 Å². The molecule has 1 aliphatic heterocycles. The van der Waals surface area contributed by atoms with Crippen molar-refractivity contribution in [2.24, 2.45) is 0 Å². The fourth-order valence-corrected chi connectivity index (χ4v) is 4.39. The largest absolute Gasteiger partial charge is 0.325 e. The number of nitrogens with zero attached hydrogens (tertiary/aromatic N) is 3. The van der Waals surface area contributed by atoms with Crippen LogP contribution < -0.4 is 0 Å². The zero-order valence-electron chi connectivity index (χ0n) is 19.0. The highest BCUT2D eigenvalue weighted by Gasteiger charge is 2.29. The van der Waals surface area contributed by atoms with E-state index in [2.05, 4.69) is 66.1 Å². The molecule has 0 spiro atoms. The van der Waals surface area contributed by atoms with E-state index in [-0.39, 0.29) is 12.1 Å². The quantitative estimate of drug-likeness (QED) is 0.472. The highest BCUT2D eigenvalue weighted by atomic mass is 35.5. The first-order valence-electron chi connectivity index (χ1n) is 11.7. The van der Waals surface area contributed by atoms with E-state index in [1.54, 1.807) is 0 Å². The van der Waals surface area contributed by atoms with E-state index in [4.69, 9.17) is 11.6 Å². The molecule has 1 aliphatic rings. The number of piperazine rings is 1. The van der Waals surface area contributed by atoms with Crippen molar-refractivity contribution in [1.29, 1.82) is 0 Å². The molecule has 2 amide bonds. The molecule has 0 radical (unpaired) electrons. The summed E-state index contributed by atoms with van der Waals surface area (Å²) in [6.45, 7) is 9.37. The van der Waals surface area contributed by atoms with Gasteiger partial charge in [-0.1, -0.05) is 80.8 Å². The number of halogens is 1. The third-order valence-corrected chi connectivity index (χ3v) is 6.34. The summed E-state index contributed by atoms with van der Waals surface area (Å²) in [6.07, 6.45) is 4.37. The molecule has 2 aromatic rings. The van der Waals surface area contributed by atoms with Crippen LogP contribution in [0.25, 0.3) is 0 Å². The number of amides is 2. The van der Waals surface area contributed by atoms with Gasteiger partial charge in [-0.2, -0.15) is 0 Å². The number of carbonyl (C=O) groups is 1. The lowest BCUT2D eigenvalue weighted by Gasteiger charge is -2.41. The molecule has 0 N–H and O–H groups in total. The Hall–Kier alpha value is -2.04. The van der Waals surface area contributed by atoms with Crippen LogP contribution in [0.5, 0.6) is 0 Å². The summed E-state index contributed by atoms with van der Waals surface area (Å²) in [4.78, 5) is 19.8. The Bertz CT molecular complexity index is 780. The molecular formula is C26H36ClN3O. The van der Waals surface area contributed by atoms with Gasteiger partial charge in [-0.05, 0) is 36.1 Å². The van der Waals surface area contributed by atoms with Crippen LogP contribution in [0.3, 0.4) is 0 Å². The smallest absolute Gasteiger partial charge is 0.320 e. The molecule has 31 heavy (non-hydrogen) atoms. The van der Waals surface area contributed by atoms with E-state index in [0.29, 0.717) is 0 Å². The van der Waals surface area contributed by atoms with Crippen LogP contribution in [-0.4, -0.2) is 60.0 Å². The van der Waals surface area contributed by atoms with Gasteiger partial charge in [0.25, 0.3) is 0 Å². The molecule has 0 aliphatic carbocycles. The Kier molecular flexibility index (Phi) is 9.23. The van der Waals surface area contributed by atoms with Crippen LogP contribution in [0, 0.1) is 0 Å². The van der Waals surface area contributed by atoms with Crippen molar-refractivity contribution in [1.82, 2.24) is 14.7 Å². The Morgan fingerprint density at radius 2 is 1.42 bits per heavy atom. The average molecular weight is 442 g/mol. The van der Waals surface area contributed by atoms with Crippen molar-refractivity contribution in [3.8, 4) is 0 Å². The molecule has 1 fully saturated rings. The van der Waals surface area contributed by atoms with Crippen LogP contribution in [0.2, 0.25) is 5.02 Å². The molecule has 0 aromatic heterocycles. The minimum Gasteiger partial charge on any atom is -0.325 e. The maximum Gasteiger partial charge on any atom is 0.320 e. The van der Waals surface area contributed by atoms with Gasteiger partial charge in [0.05, 0.1) is 6.04 Å². The normalized spacial score (nSPS) is 15.6. The van der Waals surface area contributed by atoms with Crippen molar-refractivity contribution >= 4 is 17.6 Å². The van der Waals surface area contributed by atoms with Crippen LogP contribution in [-0.2, 0) is 0 Å². The Balaban J connectivity index is 1.70. The molecule has 2 aromatic carbocycles. The first kappa shape index (κ1) is 23.6. The summed E-state index contributed by atoms with van der Waals surface area (Å²) in [7, 11) is 0. The number of unbranched alkanes of at least 4 members (excludes halogenated alkanes) is 2. The fourth-order valence-electron chi connectivity index (χ4n) is 4.27. The maximum absolute atomic E-state index is 13.2. The SMILES string of the molecule is CCCCN(CCCC)C(=O)N1CCN(C(c2ccccc2)c2ccc(Cl)cc2)CC1. The summed E-state index contributed by atoms with van der Waals surface area (Å²) in [5.74, 6) is 0. The van der Waals surface area contributed by atoms with E-state index in [0.717, 1.165) is 70.0 Å². The molecule has 4 nitrogen and oxygen atoms in total. The standard InChI is InChI=1S/C26H36ClN3O/c1-3-5-16-29(17-6-4-2)26(31)30-20-18-28(19-21-30)25(22-10-8-7-9-11-22)23-12-14-24(27)15-13-23/h7-15,25H,3-6,16-21H2,1-2H3. The highest BCUT2D eigenvalue weighted by molar-refractivity contribution is 6.30. The summed E-state index contributed by atoms with van der Waals surface area (Å²) in [5, 5.41) is 0.755. The van der Waals surface area contributed by atoms with E-state index in [1.807, 2.05) is 17.0 Å². The third-order valence-electron chi connectivity index (χ3n) is 6.08. The second-order valence-electron chi connectivity index (χ2n) is 8.36. The molecule has 1 unspecified atom stereocenters. The van der Waals surface area contributed by atoms with Gasteiger partial charge in [-0.3, -0.25) is 4.90 Å². The predicted molar refractivity (Wildman–Crippen MR) is 130 cm³/mol. The molecular weight excluding hydrogens is 406 g/mol. The van der Waals surface area contributed by atoms with Gasteiger partial charge in [0.15, 0.2) is 0 Å². The van der Waals surface area contributed by atoms with Gasteiger partial charge in [0, 0.05) is 44.3 Å². The number of hydrogen-bond acceptors (Lipinski definition) is 2. The van der Waals surface area contributed by atoms with Crippen molar-refractivity contribution in [2.45, 2.75) is 45.6 Å². The number of urea groups is 1. The molecule has 3 rings (SSSR count).